The summed E-state index contributed by atoms with van der Waals surface area (Å²) in [7, 11) is 5.32. The van der Waals surface area contributed by atoms with E-state index in [2.05, 4.69) is 37.6 Å². The van der Waals surface area contributed by atoms with Crippen molar-refractivity contribution in [2.45, 2.75) is 32.6 Å². The number of hydrogen-bond acceptors (Lipinski definition) is 9. The van der Waals surface area contributed by atoms with Gasteiger partial charge in [-0.1, -0.05) is 25.5 Å². The number of amides is 2. The first-order valence-corrected chi connectivity index (χ1v) is 15.1. The minimum atomic E-state index is -0.0994. The van der Waals surface area contributed by atoms with E-state index in [9.17, 15) is 9.59 Å². The van der Waals surface area contributed by atoms with Gasteiger partial charge in [-0.3, -0.25) is 14.5 Å². The van der Waals surface area contributed by atoms with Crippen LogP contribution in [0.15, 0.2) is 48.7 Å². The first-order valence-electron chi connectivity index (χ1n) is 15.1. The topological polar surface area (TPSA) is 106 Å². The SMILES string of the molecule is CCC(=O)NCCCCCN1CCN(c2ccc(Nc3ncc4c(n3)N(C)c3ccccc3C(=O)N4C)c(OC)c2)CC1. The van der Waals surface area contributed by atoms with E-state index in [1.54, 1.807) is 25.3 Å². The van der Waals surface area contributed by atoms with Gasteiger partial charge in [-0.15, -0.1) is 0 Å². The highest BCUT2D eigenvalue weighted by atomic mass is 16.5. The van der Waals surface area contributed by atoms with Crippen molar-refractivity contribution in [1.82, 2.24) is 20.2 Å². The van der Waals surface area contributed by atoms with Crippen molar-refractivity contribution in [2.75, 3.05) is 80.5 Å². The number of ether oxygens (including phenoxy) is 1. The molecular weight excluding hydrogens is 544 g/mol. The van der Waals surface area contributed by atoms with Crippen molar-refractivity contribution in [1.29, 1.82) is 0 Å². The average molecular weight is 587 g/mol. The molecule has 0 bridgehead atoms. The number of piperazine rings is 1. The number of nitrogens with zero attached hydrogens (tertiary/aromatic N) is 6. The molecule has 2 aliphatic heterocycles. The van der Waals surface area contributed by atoms with Crippen LogP contribution in [0, 0.1) is 0 Å². The van der Waals surface area contributed by atoms with Crippen molar-refractivity contribution in [3.8, 4) is 5.75 Å². The third kappa shape index (κ3) is 6.83. The van der Waals surface area contributed by atoms with Crippen LogP contribution in [-0.2, 0) is 4.79 Å². The van der Waals surface area contributed by atoms with E-state index in [4.69, 9.17) is 9.72 Å². The number of benzene rings is 2. The van der Waals surface area contributed by atoms with Crippen LogP contribution in [0.3, 0.4) is 0 Å². The first kappa shape index (κ1) is 30.1. The zero-order chi connectivity index (χ0) is 30.3. The van der Waals surface area contributed by atoms with E-state index in [-0.39, 0.29) is 11.8 Å². The zero-order valence-electron chi connectivity index (χ0n) is 25.6. The molecule has 3 heterocycles. The Morgan fingerprint density at radius 2 is 1.77 bits per heavy atom. The Labute approximate surface area is 253 Å². The Balaban J connectivity index is 1.20. The fourth-order valence-corrected chi connectivity index (χ4v) is 5.58. The minimum absolute atomic E-state index is 0.0994. The molecule has 0 saturated carbocycles. The molecule has 0 unspecified atom stereocenters. The molecule has 11 heteroatoms. The fraction of sp³-hybridized carbons (Fsp3) is 0.438. The van der Waals surface area contributed by atoms with Gasteiger partial charge >= 0.3 is 0 Å². The molecule has 2 amide bonds. The van der Waals surface area contributed by atoms with E-state index < -0.39 is 0 Å². The zero-order valence-corrected chi connectivity index (χ0v) is 25.6. The van der Waals surface area contributed by atoms with Crippen LogP contribution in [0.1, 0.15) is 43.0 Å². The lowest BCUT2D eigenvalue weighted by atomic mass is 10.1. The molecule has 11 nitrogen and oxygen atoms in total. The smallest absolute Gasteiger partial charge is 0.260 e. The molecule has 3 aromatic rings. The number of fused-ring (bicyclic) bond motifs is 2. The van der Waals surface area contributed by atoms with Gasteiger partial charge in [-0.05, 0) is 43.7 Å². The maximum absolute atomic E-state index is 13.1. The van der Waals surface area contributed by atoms with Crippen LogP contribution in [0.5, 0.6) is 5.75 Å². The maximum atomic E-state index is 13.1. The fourth-order valence-electron chi connectivity index (χ4n) is 5.58. The van der Waals surface area contributed by atoms with Crippen molar-refractivity contribution in [3.05, 3.63) is 54.2 Å². The highest BCUT2D eigenvalue weighted by Crippen LogP contribution is 2.39. The number of carbonyl (C=O) groups excluding carboxylic acids is 2. The highest BCUT2D eigenvalue weighted by molar-refractivity contribution is 6.13. The lowest BCUT2D eigenvalue weighted by molar-refractivity contribution is -0.120. The molecule has 1 fully saturated rings. The van der Waals surface area contributed by atoms with Gasteiger partial charge in [0.25, 0.3) is 5.91 Å². The lowest BCUT2D eigenvalue weighted by Crippen LogP contribution is -2.46. The molecule has 0 spiro atoms. The van der Waals surface area contributed by atoms with Crippen LogP contribution < -0.4 is 30.1 Å². The highest BCUT2D eigenvalue weighted by Gasteiger charge is 2.29. The third-order valence-electron chi connectivity index (χ3n) is 8.19. The van der Waals surface area contributed by atoms with E-state index in [0.717, 1.165) is 75.6 Å². The quantitative estimate of drug-likeness (QED) is 0.316. The molecule has 228 valence electrons. The van der Waals surface area contributed by atoms with Crippen LogP contribution in [-0.4, -0.2) is 87.2 Å². The van der Waals surface area contributed by atoms with Gasteiger partial charge in [0.2, 0.25) is 11.9 Å². The van der Waals surface area contributed by atoms with Crippen LogP contribution in [0.4, 0.5) is 34.5 Å². The summed E-state index contributed by atoms with van der Waals surface area (Å²) in [6, 6.07) is 13.7. The van der Waals surface area contributed by atoms with Gasteiger partial charge in [0.15, 0.2) is 5.82 Å². The third-order valence-corrected chi connectivity index (χ3v) is 8.19. The van der Waals surface area contributed by atoms with Crippen molar-refractivity contribution < 1.29 is 14.3 Å². The van der Waals surface area contributed by atoms with E-state index >= 15 is 0 Å². The number of nitrogens with one attached hydrogen (secondary N) is 2. The van der Waals surface area contributed by atoms with Crippen LogP contribution in [0.2, 0.25) is 0 Å². The summed E-state index contributed by atoms with van der Waals surface area (Å²) >= 11 is 0. The number of unbranched alkanes of at least 4 members (excludes halogenated alkanes) is 2. The Bertz CT molecular complexity index is 1440. The van der Waals surface area contributed by atoms with Crippen molar-refractivity contribution in [3.63, 3.8) is 0 Å². The normalized spacial score (nSPS) is 15.1. The number of methoxy groups -OCH3 is 1. The number of carbonyl (C=O) groups is 2. The number of rotatable bonds is 11. The molecule has 0 aliphatic carbocycles. The summed E-state index contributed by atoms with van der Waals surface area (Å²) < 4.78 is 5.76. The summed E-state index contributed by atoms with van der Waals surface area (Å²) in [4.78, 5) is 42.2. The first-order chi connectivity index (χ1) is 20.9. The second-order valence-electron chi connectivity index (χ2n) is 10.9. The van der Waals surface area contributed by atoms with Crippen molar-refractivity contribution >= 4 is 46.3 Å². The predicted molar refractivity (Wildman–Crippen MR) is 171 cm³/mol. The van der Waals surface area contributed by atoms with Gasteiger partial charge in [0.05, 0.1) is 30.2 Å². The van der Waals surface area contributed by atoms with Gasteiger partial charge < -0.3 is 30.1 Å². The summed E-state index contributed by atoms with van der Waals surface area (Å²) in [6.07, 6.45) is 5.53. The summed E-state index contributed by atoms with van der Waals surface area (Å²) in [6.45, 7) is 7.69. The number of anilines is 6. The molecular formula is C32H42N8O3. The number of hydrogen-bond donors (Lipinski definition) is 2. The molecule has 0 radical (unpaired) electrons. The molecule has 1 aromatic heterocycles. The predicted octanol–water partition coefficient (Wildman–Crippen LogP) is 4.41. The molecule has 0 atom stereocenters. The molecule has 5 rings (SSSR count). The summed E-state index contributed by atoms with van der Waals surface area (Å²) in [5, 5.41) is 6.27. The van der Waals surface area contributed by atoms with Crippen molar-refractivity contribution in [2.24, 2.45) is 0 Å². The second-order valence-corrected chi connectivity index (χ2v) is 10.9. The average Bonchev–Trinajstić information content (AvgIpc) is 3.12. The second kappa shape index (κ2) is 13.7. The van der Waals surface area contributed by atoms with Gasteiger partial charge in [0.1, 0.15) is 11.4 Å². The van der Waals surface area contributed by atoms with E-state index in [0.29, 0.717) is 35.2 Å². The Kier molecular flexibility index (Phi) is 9.61. The molecule has 2 aromatic carbocycles. The van der Waals surface area contributed by atoms with Crippen LogP contribution >= 0.6 is 0 Å². The van der Waals surface area contributed by atoms with Crippen LogP contribution in [0.25, 0.3) is 0 Å². The number of aromatic nitrogens is 2. The Morgan fingerprint density at radius 1 is 0.977 bits per heavy atom. The van der Waals surface area contributed by atoms with Gasteiger partial charge in [0, 0.05) is 65.0 Å². The standard InChI is InChI=1S/C32H42N8O3/c1-5-29(41)33-15-9-6-10-16-39-17-19-40(20-18-39)23-13-14-25(28(21-23)43-4)35-32-34-22-27-30(36-32)37(2)26-12-8-7-11-24(26)31(42)38(27)3/h7-8,11-14,21-22H,5-6,9-10,15-20H2,1-4H3,(H,33,41)(H,34,35,36). The monoisotopic (exact) mass is 586 g/mol. The van der Waals surface area contributed by atoms with E-state index in [1.807, 2.05) is 49.2 Å². The van der Waals surface area contributed by atoms with Gasteiger partial charge in [-0.2, -0.15) is 4.98 Å². The summed E-state index contributed by atoms with van der Waals surface area (Å²) in [5.74, 6) is 1.79. The Morgan fingerprint density at radius 3 is 2.53 bits per heavy atom. The lowest BCUT2D eigenvalue weighted by Gasteiger charge is -2.36. The molecule has 2 N–H and O–H groups in total. The minimum Gasteiger partial charge on any atom is -0.494 e. The molecule has 2 aliphatic rings. The maximum Gasteiger partial charge on any atom is 0.260 e. The summed E-state index contributed by atoms with van der Waals surface area (Å²) in [5.41, 5.74) is 3.93. The van der Waals surface area contributed by atoms with E-state index in [1.165, 1.54) is 0 Å². The number of para-hydroxylation sites is 1. The largest absolute Gasteiger partial charge is 0.494 e. The molecule has 1 saturated heterocycles. The molecule has 43 heavy (non-hydrogen) atoms. The van der Waals surface area contributed by atoms with Gasteiger partial charge in [-0.25, -0.2) is 4.98 Å². The Hall–Kier alpha value is -4.38.